The molecule has 1 fully saturated rings. The Morgan fingerprint density at radius 3 is 2.79 bits per heavy atom. The molecule has 1 aromatic rings. The number of hydrogen-bond acceptors (Lipinski definition) is 4. The number of aromatic carboxylic acids is 1. The van der Waals surface area contributed by atoms with Crippen molar-refractivity contribution in [1.82, 2.24) is 4.98 Å². The maximum Gasteiger partial charge on any atom is 0.338 e. The fraction of sp³-hybridized carbons (Fsp3) is 0.417. The lowest BCUT2D eigenvalue weighted by atomic mass is 9.89. The molecule has 19 heavy (non-hydrogen) atoms. The Balaban J connectivity index is 2.33. The van der Waals surface area contributed by atoms with Gasteiger partial charge in [-0.2, -0.15) is 0 Å². The molecule has 1 aromatic heterocycles. The monoisotopic (exact) mass is 267 g/mol. The zero-order valence-electron chi connectivity index (χ0n) is 10.4. The van der Waals surface area contributed by atoms with Crippen molar-refractivity contribution in [1.29, 1.82) is 0 Å². The number of carbonyl (C=O) groups excluding carboxylic acids is 1. The number of anilines is 1. The highest BCUT2D eigenvalue weighted by Crippen LogP contribution is 2.33. The van der Waals surface area contributed by atoms with Crippen LogP contribution in [-0.2, 0) is 4.79 Å². The van der Waals surface area contributed by atoms with Crippen molar-refractivity contribution < 1.29 is 19.1 Å². The molecule has 1 aliphatic rings. The van der Waals surface area contributed by atoms with Gasteiger partial charge in [-0.15, -0.1) is 0 Å². The zero-order valence-corrected chi connectivity index (χ0v) is 10.4. The predicted octanol–water partition coefficient (Wildman–Crippen LogP) is 0.621. The Kier molecular flexibility index (Phi) is 3.13. The number of carbonyl (C=O) groups is 2. The lowest BCUT2D eigenvalue weighted by Crippen LogP contribution is -2.37. The third-order valence-corrected chi connectivity index (χ3v) is 3.47. The van der Waals surface area contributed by atoms with Crippen molar-refractivity contribution in [2.75, 3.05) is 18.0 Å². The van der Waals surface area contributed by atoms with Crippen molar-refractivity contribution in [3.63, 3.8) is 0 Å². The minimum Gasteiger partial charge on any atom is -0.478 e. The van der Waals surface area contributed by atoms with Crippen molar-refractivity contribution in [3.8, 4) is 0 Å². The van der Waals surface area contributed by atoms with Crippen molar-refractivity contribution >= 4 is 17.7 Å². The molecule has 1 aliphatic heterocycles. The fourth-order valence-corrected chi connectivity index (χ4v) is 2.16. The van der Waals surface area contributed by atoms with Crippen LogP contribution in [0, 0.1) is 11.2 Å². The summed E-state index contributed by atoms with van der Waals surface area (Å²) < 4.78 is 14.0. The minimum atomic E-state index is -1.35. The van der Waals surface area contributed by atoms with Gasteiger partial charge in [0.15, 0.2) is 11.6 Å². The SMILES string of the molecule is CC1(C(N)=O)CCN(c2nccc(C(=O)O)c2F)C1. The van der Waals surface area contributed by atoms with Crippen LogP contribution >= 0.6 is 0 Å². The molecule has 0 bridgehead atoms. The molecule has 1 unspecified atom stereocenters. The summed E-state index contributed by atoms with van der Waals surface area (Å²) in [6.45, 7) is 2.34. The third-order valence-electron chi connectivity index (χ3n) is 3.47. The largest absolute Gasteiger partial charge is 0.478 e. The molecular weight excluding hydrogens is 253 g/mol. The molecule has 0 saturated carbocycles. The third kappa shape index (κ3) is 2.23. The molecule has 6 nitrogen and oxygen atoms in total. The van der Waals surface area contributed by atoms with Gasteiger partial charge in [0, 0.05) is 19.3 Å². The van der Waals surface area contributed by atoms with Gasteiger partial charge in [-0.25, -0.2) is 14.2 Å². The van der Waals surface area contributed by atoms with Crippen LogP contribution in [0.25, 0.3) is 0 Å². The molecule has 0 aromatic carbocycles. The molecule has 0 radical (unpaired) electrons. The van der Waals surface area contributed by atoms with Gasteiger partial charge in [-0.3, -0.25) is 4.79 Å². The lowest BCUT2D eigenvalue weighted by molar-refractivity contribution is -0.125. The summed E-state index contributed by atoms with van der Waals surface area (Å²) in [7, 11) is 0. The number of hydrogen-bond donors (Lipinski definition) is 2. The normalized spacial score (nSPS) is 22.5. The Morgan fingerprint density at radius 1 is 1.58 bits per heavy atom. The number of aromatic nitrogens is 1. The highest BCUT2D eigenvalue weighted by atomic mass is 19.1. The quantitative estimate of drug-likeness (QED) is 0.836. The van der Waals surface area contributed by atoms with Crippen LogP contribution in [0.4, 0.5) is 10.2 Å². The predicted molar refractivity (Wildman–Crippen MR) is 65.3 cm³/mol. The van der Waals surface area contributed by atoms with Gasteiger partial charge in [0.2, 0.25) is 5.91 Å². The molecule has 0 aliphatic carbocycles. The molecular formula is C12H14FN3O3. The van der Waals surface area contributed by atoms with Crippen LogP contribution in [0.3, 0.4) is 0 Å². The second-order valence-electron chi connectivity index (χ2n) is 4.90. The Bertz CT molecular complexity index is 549. The summed E-state index contributed by atoms with van der Waals surface area (Å²) in [6.07, 6.45) is 1.72. The number of nitrogens with zero attached hydrogens (tertiary/aromatic N) is 2. The molecule has 7 heteroatoms. The van der Waals surface area contributed by atoms with Gasteiger partial charge in [-0.1, -0.05) is 0 Å². The first-order chi connectivity index (χ1) is 8.85. The number of pyridine rings is 1. The van der Waals surface area contributed by atoms with Crippen LogP contribution in [-0.4, -0.2) is 35.1 Å². The molecule has 2 rings (SSSR count). The van der Waals surface area contributed by atoms with E-state index in [9.17, 15) is 14.0 Å². The van der Waals surface area contributed by atoms with E-state index in [1.165, 1.54) is 6.20 Å². The average Bonchev–Trinajstić information content (AvgIpc) is 2.73. The summed E-state index contributed by atoms with van der Waals surface area (Å²) in [4.78, 5) is 27.6. The minimum absolute atomic E-state index is 0.0510. The first kappa shape index (κ1) is 13.3. The molecule has 2 heterocycles. The van der Waals surface area contributed by atoms with Crippen LogP contribution in [0.1, 0.15) is 23.7 Å². The maximum atomic E-state index is 14.0. The number of nitrogens with two attached hydrogens (primary N) is 1. The first-order valence-electron chi connectivity index (χ1n) is 5.78. The van der Waals surface area contributed by atoms with E-state index in [1.807, 2.05) is 0 Å². The number of carboxylic acids is 1. The molecule has 1 atom stereocenters. The van der Waals surface area contributed by atoms with E-state index in [0.717, 1.165) is 6.07 Å². The Hall–Kier alpha value is -2.18. The Morgan fingerprint density at radius 2 is 2.26 bits per heavy atom. The van der Waals surface area contributed by atoms with E-state index in [2.05, 4.69) is 4.98 Å². The number of rotatable bonds is 3. The van der Waals surface area contributed by atoms with Crippen LogP contribution in [0.2, 0.25) is 0 Å². The van der Waals surface area contributed by atoms with Gasteiger partial charge >= 0.3 is 5.97 Å². The van der Waals surface area contributed by atoms with Gasteiger partial charge < -0.3 is 15.7 Å². The maximum absolute atomic E-state index is 14.0. The summed E-state index contributed by atoms with van der Waals surface area (Å²) in [5.74, 6) is -2.74. The average molecular weight is 267 g/mol. The standard InChI is InChI=1S/C12H14FN3O3/c1-12(11(14)19)3-5-16(6-12)9-8(13)7(10(17)18)2-4-15-9/h2,4H,3,5-6H2,1H3,(H2,14,19)(H,17,18). The van der Waals surface area contributed by atoms with E-state index in [1.54, 1.807) is 11.8 Å². The van der Waals surface area contributed by atoms with Gasteiger partial charge in [0.1, 0.15) is 5.56 Å². The van der Waals surface area contributed by atoms with Gasteiger partial charge in [-0.05, 0) is 19.4 Å². The highest BCUT2D eigenvalue weighted by Gasteiger charge is 2.40. The summed E-state index contributed by atoms with van der Waals surface area (Å²) in [6, 6.07) is 1.10. The summed E-state index contributed by atoms with van der Waals surface area (Å²) in [5, 5.41) is 8.86. The summed E-state index contributed by atoms with van der Waals surface area (Å²) >= 11 is 0. The number of amides is 1. The van der Waals surface area contributed by atoms with Crippen LogP contribution in [0.5, 0.6) is 0 Å². The molecule has 3 N–H and O–H groups in total. The number of primary amides is 1. The van der Waals surface area contributed by atoms with Crippen molar-refractivity contribution in [3.05, 3.63) is 23.6 Å². The van der Waals surface area contributed by atoms with Crippen molar-refractivity contribution in [2.24, 2.45) is 11.1 Å². The second kappa shape index (κ2) is 4.49. The first-order valence-corrected chi connectivity index (χ1v) is 5.78. The second-order valence-corrected chi connectivity index (χ2v) is 4.90. The van der Waals surface area contributed by atoms with E-state index in [4.69, 9.17) is 10.8 Å². The Labute approximate surface area is 109 Å². The lowest BCUT2D eigenvalue weighted by Gasteiger charge is -2.22. The topological polar surface area (TPSA) is 96.5 Å². The molecule has 1 amide bonds. The van der Waals surface area contributed by atoms with E-state index < -0.39 is 28.7 Å². The molecule has 1 saturated heterocycles. The van der Waals surface area contributed by atoms with Gasteiger partial charge in [0.25, 0.3) is 0 Å². The van der Waals surface area contributed by atoms with Gasteiger partial charge in [0.05, 0.1) is 5.41 Å². The van der Waals surface area contributed by atoms with E-state index in [0.29, 0.717) is 13.0 Å². The zero-order chi connectivity index (χ0) is 14.2. The van der Waals surface area contributed by atoms with Crippen molar-refractivity contribution in [2.45, 2.75) is 13.3 Å². The number of halogens is 1. The molecule has 0 spiro atoms. The highest BCUT2D eigenvalue weighted by molar-refractivity contribution is 5.89. The van der Waals surface area contributed by atoms with E-state index >= 15 is 0 Å². The summed E-state index contributed by atoms with van der Waals surface area (Å²) in [5.41, 5.74) is 4.14. The molecule has 102 valence electrons. The van der Waals surface area contributed by atoms with Crippen LogP contribution < -0.4 is 10.6 Å². The van der Waals surface area contributed by atoms with Crippen LogP contribution in [0.15, 0.2) is 12.3 Å². The fourth-order valence-electron chi connectivity index (χ4n) is 2.16. The van der Waals surface area contributed by atoms with E-state index in [-0.39, 0.29) is 12.4 Å². The number of carboxylic acid groups (broad SMARTS) is 1. The smallest absolute Gasteiger partial charge is 0.338 e.